The summed E-state index contributed by atoms with van der Waals surface area (Å²) in [6.45, 7) is 5.29. The zero-order valence-electron chi connectivity index (χ0n) is 12.9. The van der Waals surface area contributed by atoms with Crippen LogP contribution in [-0.4, -0.2) is 18.4 Å². The van der Waals surface area contributed by atoms with Crippen molar-refractivity contribution in [3.63, 3.8) is 0 Å². The minimum absolute atomic E-state index is 0.0454. The number of hydrogen-bond donors (Lipinski definition) is 2. The molecule has 0 aliphatic carbocycles. The van der Waals surface area contributed by atoms with Crippen molar-refractivity contribution in [2.24, 2.45) is 4.99 Å². The monoisotopic (exact) mass is 354 g/mol. The van der Waals surface area contributed by atoms with Gasteiger partial charge in [-0.15, -0.1) is 0 Å². The zero-order chi connectivity index (χ0) is 18.0. The van der Waals surface area contributed by atoms with Crippen molar-refractivity contribution in [1.82, 2.24) is 5.32 Å². The largest absolute Gasteiger partial charge is 0.507 e. The van der Waals surface area contributed by atoms with Gasteiger partial charge < -0.3 is 10.4 Å². The molecule has 3 nitrogen and oxygen atoms in total. The maximum absolute atomic E-state index is 14.5. The quantitative estimate of drug-likeness (QED) is 0.596. The topological polar surface area (TPSA) is 44.6 Å². The molecular formula is C17H14ClF3N2O. The Morgan fingerprint density at radius 1 is 1.29 bits per heavy atom. The second-order valence-electron chi connectivity index (χ2n) is 4.81. The van der Waals surface area contributed by atoms with Gasteiger partial charge in [-0.3, -0.25) is 4.99 Å². The van der Waals surface area contributed by atoms with Gasteiger partial charge in [0.05, 0.1) is 11.3 Å². The third-order valence-electron chi connectivity index (χ3n) is 3.40. The summed E-state index contributed by atoms with van der Waals surface area (Å²) in [4.78, 5) is 4.04. The summed E-state index contributed by atoms with van der Waals surface area (Å²) < 4.78 is 42.3. The lowest BCUT2D eigenvalue weighted by Gasteiger charge is -2.17. The molecule has 2 aromatic rings. The number of nitrogens with zero attached hydrogens (tertiary/aromatic N) is 1. The Kier molecular flexibility index (Phi) is 5.19. The Morgan fingerprint density at radius 2 is 1.96 bits per heavy atom. The van der Waals surface area contributed by atoms with Gasteiger partial charge in [0.2, 0.25) is 0 Å². The van der Waals surface area contributed by atoms with Crippen LogP contribution in [0.25, 0.3) is 16.8 Å². The Morgan fingerprint density at radius 3 is 2.54 bits per heavy atom. The molecule has 0 fully saturated rings. The average Bonchev–Trinajstić information content (AvgIpc) is 2.54. The van der Waals surface area contributed by atoms with Crippen LogP contribution in [0, 0.1) is 17.5 Å². The van der Waals surface area contributed by atoms with Crippen molar-refractivity contribution >= 4 is 29.2 Å². The van der Waals surface area contributed by atoms with Crippen molar-refractivity contribution < 1.29 is 18.3 Å². The van der Waals surface area contributed by atoms with E-state index in [4.69, 9.17) is 11.6 Å². The lowest BCUT2D eigenvalue weighted by Crippen LogP contribution is -2.05. The molecule has 0 atom stereocenters. The van der Waals surface area contributed by atoms with Gasteiger partial charge in [0.15, 0.2) is 5.82 Å². The van der Waals surface area contributed by atoms with Gasteiger partial charge in [-0.1, -0.05) is 18.2 Å². The Balaban J connectivity index is 2.94. The SMILES string of the molecule is C=C(NC)c1c(O)cc(F)c(-c2ccc(F)c(Cl)c2F)c1N=CC. The second-order valence-corrected chi connectivity index (χ2v) is 5.19. The van der Waals surface area contributed by atoms with Gasteiger partial charge in [0.25, 0.3) is 0 Å². The van der Waals surface area contributed by atoms with Gasteiger partial charge in [-0.25, -0.2) is 13.2 Å². The van der Waals surface area contributed by atoms with Crippen LogP contribution in [0.15, 0.2) is 29.8 Å². The molecule has 2 aromatic carbocycles. The molecule has 2 rings (SSSR count). The van der Waals surface area contributed by atoms with Crippen LogP contribution in [-0.2, 0) is 0 Å². The minimum Gasteiger partial charge on any atom is -0.507 e. The molecule has 126 valence electrons. The Hall–Kier alpha value is -2.47. The zero-order valence-corrected chi connectivity index (χ0v) is 13.7. The number of aliphatic imine (C=N–C) groups is 1. The van der Waals surface area contributed by atoms with Crippen LogP contribution in [0.2, 0.25) is 5.02 Å². The molecule has 0 radical (unpaired) electrons. The third-order valence-corrected chi connectivity index (χ3v) is 3.74. The predicted octanol–water partition coefficient (Wildman–Crippen LogP) is 5.04. The number of rotatable bonds is 4. The molecule has 0 aliphatic rings. The van der Waals surface area contributed by atoms with E-state index in [0.29, 0.717) is 0 Å². The molecule has 2 N–H and O–H groups in total. The lowest BCUT2D eigenvalue weighted by atomic mass is 9.96. The number of hydrogen-bond acceptors (Lipinski definition) is 3. The van der Waals surface area contributed by atoms with Gasteiger partial charge in [-0.05, 0) is 19.1 Å². The minimum atomic E-state index is -1.12. The summed E-state index contributed by atoms with van der Waals surface area (Å²) in [5.41, 5.74) is -0.216. The third kappa shape index (κ3) is 2.97. The summed E-state index contributed by atoms with van der Waals surface area (Å²) in [6.07, 6.45) is 1.35. The highest BCUT2D eigenvalue weighted by Crippen LogP contribution is 2.44. The van der Waals surface area contributed by atoms with Gasteiger partial charge in [0, 0.05) is 36.2 Å². The molecule has 0 heterocycles. The summed E-state index contributed by atoms with van der Waals surface area (Å²) >= 11 is 5.59. The van der Waals surface area contributed by atoms with E-state index < -0.39 is 28.2 Å². The number of aromatic hydroxyl groups is 1. The van der Waals surface area contributed by atoms with Gasteiger partial charge in [-0.2, -0.15) is 0 Å². The average molecular weight is 355 g/mol. The summed E-state index contributed by atoms with van der Waals surface area (Å²) in [5.74, 6) is -3.42. The lowest BCUT2D eigenvalue weighted by molar-refractivity contribution is 0.467. The molecular weight excluding hydrogens is 341 g/mol. The molecule has 24 heavy (non-hydrogen) atoms. The summed E-state index contributed by atoms with van der Waals surface area (Å²) in [6, 6.07) is 2.81. The standard InChI is InChI=1S/C17H14ClF3N2O/c1-4-23-17-13(8(2)22-3)12(24)7-11(20)14(17)9-5-6-10(19)15(18)16(9)21/h4-7,22,24H,2H2,1,3H3. The fourth-order valence-electron chi connectivity index (χ4n) is 2.28. The van der Waals surface area contributed by atoms with E-state index in [2.05, 4.69) is 16.9 Å². The number of phenols is 1. The Bertz CT molecular complexity index is 850. The van der Waals surface area contributed by atoms with Gasteiger partial charge >= 0.3 is 0 Å². The smallest absolute Gasteiger partial charge is 0.152 e. The number of halogens is 4. The number of benzene rings is 2. The molecule has 7 heteroatoms. The first-order chi connectivity index (χ1) is 11.3. The molecule has 0 amide bonds. The molecule has 0 saturated carbocycles. The van der Waals surface area contributed by atoms with E-state index in [1.165, 1.54) is 6.21 Å². The van der Waals surface area contributed by atoms with Crippen molar-refractivity contribution in [2.45, 2.75) is 6.92 Å². The van der Waals surface area contributed by atoms with E-state index in [0.717, 1.165) is 18.2 Å². The van der Waals surface area contributed by atoms with Crippen LogP contribution in [0.5, 0.6) is 5.75 Å². The van der Waals surface area contributed by atoms with E-state index in [1.54, 1.807) is 14.0 Å². The van der Waals surface area contributed by atoms with E-state index in [1.807, 2.05) is 0 Å². The molecule has 0 spiro atoms. The van der Waals surface area contributed by atoms with Crippen LogP contribution >= 0.6 is 11.6 Å². The Labute approximate surface area is 142 Å². The van der Waals surface area contributed by atoms with E-state index >= 15 is 0 Å². The van der Waals surface area contributed by atoms with Crippen molar-refractivity contribution in [3.05, 3.63) is 52.8 Å². The van der Waals surface area contributed by atoms with Crippen LogP contribution in [0.4, 0.5) is 18.9 Å². The predicted molar refractivity (Wildman–Crippen MR) is 90.3 cm³/mol. The molecule has 0 aromatic heterocycles. The summed E-state index contributed by atoms with van der Waals surface area (Å²) in [5, 5.41) is 12.0. The van der Waals surface area contributed by atoms with Crippen LogP contribution in [0.3, 0.4) is 0 Å². The first kappa shape index (κ1) is 17.9. The van der Waals surface area contributed by atoms with Crippen LogP contribution in [0.1, 0.15) is 12.5 Å². The molecule has 0 bridgehead atoms. The fraction of sp³-hybridized carbons (Fsp3) is 0.118. The van der Waals surface area contributed by atoms with Crippen molar-refractivity contribution in [2.75, 3.05) is 7.05 Å². The maximum Gasteiger partial charge on any atom is 0.152 e. The van der Waals surface area contributed by atoms with Gasteiger partial charge in [0.1, 0.15) is 22.4 Å². The number of nitrogens with one attached hydrogen (secondary N) is 1. The summed E-state index contributed by atoms with van der Waals surface area (Å²) in [7, 11) is 1.56. The van der Waals surface area contributed by atoms with E-state index in [9.17, 15) is 18.3 Å². The molecule has 0 unspecified atom stereocenters. The normalized spacial score (nSPS) is 11.1. The highest BCUT2D eigenvalue weighted by atomic mass is 35.5. The number of phenolic OH excluding ortho intramolecular Hbond substituents is 1. The van der Waals surface area contributed by atoms with Crippen molar-refractivity contribution in [1.29, 1.82) is 0 Å². The van der Waals surface area contributed by atoms with Crippen molar-refractivity contribution in [3.8, 4) is 16.9 Å². The molecule has 0 aliphatic heterocycles. The fourth-order valence-corrected chi connectivity index (χ4v) is 2.44. The first-order valence-electron chi connectivity index (χ1n) is 6.88. The second kappa shape index (κ2) is 6.97. The highest BCUT2D eigenvalue weighted by Gasteiger charge is 2.24. The highest BCUT2D eigenvalue weighted by molar-refractivity contribution is 6.31. The maximum atomic E-state index is 14.5. The van der Waals surface area contributed by atoms with E-state index in [-0.39, 0.29) is 28.1 Å². The first-order valence-corrected chi connectivity index (χ1v) is 7.26. The van der Waals surface area contributed by atoms with Crippen LogP contribution < -0.4 is 5.32 Å². The molecule has 0 saturated heterocycles.